The Balaban J connectivity index is 0.00000225. The third kappa shape index (κ3) is 4.48. The molecule has 3 rings (SSSR count). The second-order valence-electron chi connectivity index (χ2n) is 7.00. The minimum absolute atomic E-state index is 0. The van der Waals surface area contributed by atoms with Gasteiger partial charge < -0.3 is 15.4 Å². The maximum atomic E-state index is 5.94. The summed E-state index contributed by atoms with van der Waals surface area (Å²) in [6.45, 7) is 9.49. The molecule has 0 aliphatic heterocycles. The van der Waals surface area contributed by atoms with E-state index < -0.39 is 0 Å². The van der Waals surface area contributed by atoms with E-state index in [-0.39, 0.29) is 24.0 Å². The fourth-order valence-electron chi connectivity index (χ4n) is 3.98. The lowest BCUT2D eigenvalue weighted by atomic mass is 9.51. The minimum atomic E-state index is 0. The van der Waals surface area contributed by atoms with Crippen LogP contribution in [0.3, 0.4) is 0 Å². The van der Waals surface area contributed by atoms with Crippen LogP contribution in [0.5, 0.6) is 0 Å². The molecule has 1 heterocycles. The van der Waals surface area contributed by atoms with Gasteiger partial charge in [0, 0.05) is 30.8 Å². The molecule has 0 radical (unpaired) electrons. The van der Waals surface area contributed by atoms with Gasteiger partial charge in [0.15, 0.2) is 5.96 Å². The van der Waals surface area contributed by atoms with Crippen LogP contribution < -0.4 is 10.6 Å². The highest BCUT2D eigenvalue weighted by Crippen LogP contribution is 2.57. The van der Waals surface area contributed by atoms with Gasteiger partial charge in [0.25, 0.3) is 0 Å². The van der Waals surface area contributed by atoms with Crippen molar-refractivity contribution in [3.8, 4) is 0 Å². The summed E-state index contributed by atoms with van der Waals surface area (Å²) in [4.78, 5) is 4.73. The van der Waals surface area contributed by atoms with E-state index in [1.165, 1.54) is 24.8 Å². The van der Waals surface area contributed by atoms with Crippen molar-refractivity contribution in [2.24, 2.45) is 10.4 Å². The van der Waals surface area contributed by atoms with Crippen LogP contribution in [-0.4, -0.2) is 47.6 Å². The predicted molar refractivity (Wildman–Crippen MR) is 112 cm³/mol. The number of rotatable bonds is 7. The Morgan fingerprint density at radius 1 is 1.44 bits per heavy atom. The fourth-order valence-corrected chi connectivity index (χ4v) is 3.98. The average Bonchev–Trinajstić information content (AvgIpc) is 2.90. The van der Waals surface area contributed by atoms with Gasteiger partial charge in [-0.05, 0) is 45.6 Å². The highest BCUT2D eigenvalue weighted by atomic mass is 127. The van der Waals surface area contributed by atoms with Crippen LogP contribution in [0.4, 0.5) is 0 Å². The first-order valence-electron chi connectivity index (χ1n) is 9.33. The molecule has 1 spiro atoms. The monoisotopic (exact) mass is 461 g/mol. The Kier molecular flexibility index (Phi) is 7.54. The predicted octanol–water partition coefficient (Wildman–Crippen LogP) is 2.71. The zero-order valence-electron chi connectivity index (χ0n) is 15.6. The normalized spacial score (nSPS) is 24.2. The van der Waals surface area contributed by atoms with Gasteiger partial charge in [0.2, 0.25) is 0 Å². The van der Waals surface area contributed by atoms with Crippen LogP contribution in [0.1, 0.15) is 45.1 Å². The van der Waals surface area contributed by atoms with Crippen LogP contribution >= 0.6 is 24.0 Å². The number of halogens is 1. The maximum absolute atomic E-state index is 5.94. The lowest BCUT2D eigenvalue weighted by Gasteiger charge is -2.61. The third-order valence-electron chi connectivity index (χ3n) is 5.45. The Hall–Kier alpha value is -0.830. The van der Waals surface area contributed by atoms with Gasteiger partial charge in [-0.2, -0.15) is 5.10 Å². The lowest BCUT2D eigenvalue weighted by molar-refractivity contribution is -0.168. The van der Waals surface area contributed by atoms with Crippen LogP contribution in [0.25, 0.3) is 0 Å². The molecule has 2 fully saturated rings. The largest absolute Gasteiger partial charge is 0.378 e. The molecule has 142 valence electrons. The zero-order chi connectivity index (χ0) is 17.0. The van der Waals surface area contributed by atoms with Crippen molar-refractivity contribution in [2.45, 2.75) is 65.1 Å². The molecule has 0 aromatic carbocycles. The molecule has 6 nitrogen and oxygen atoms in total. The van der Waals surface area contributed by atoms with Crippen molar-refractivity contribution < 1.29 is 4.74 Å². The van der Waals surface area contributed by atoms with E-state index in [4.69, 9.17) is 9.73 Å². The molecular formula is C18H32IN5O. The molecule has 1 aromatic rings. The van der Waals surface area contributed by atoms with Gasteiger partial charge >= 0.3 is 0 Å². The summed E-state index contributed by atoms with van der Waals surface area (Å²) in [5.41, 5.74) is 1.54. The van der Waals surface area contributed by atoms with E-state index in [2.05, 4.69) is 42.7 Å². The molecule has 2 saturated carbocycles. The van der Waals surface area contributed by atoms with E-state index in [1.54, 1.807) is 0 Å². The van der Waals surface area contributed by atoms with Crippen molar-refractivity contribution in [1.29, 1.82) is 0 Å². The second-order valence-corrected chi connectivity index (χ2v) is 7.00. The fraction of sp³-hybridized carbons (Fsp3) is 0.778. The van der Waals surface area contributed by atoms with E-state index in [0.717, 1.165) is 38.6 Å². The minimum Gasteiger partial charge on any atom is -0.378 e. The number of nitrogens with zero attached hydrogens (tertiary/aromatic N) is 3. The molecular weight excluding hydrogens is 429 g/mol. The third-order valence-corrected chi connectivity index (χ3v) is 5.45. The van der Waals surface area contributed by atoms with Crippen LogP contribution in [0.15, 0.2) is 17.4 Å². The van der Waals surface area contributed by atoms with Gasteiger partial charge in [-0.15, -0.1) is 24.0 Å². The summed E-state index contributed by atoms with van der Waals surface area (Å²) in [6.07, 6.45) is 9.35. The quantitative estimate of drug-likeness (QED) is 0.373. The molecule has 2 atom stereocenters. The Labute approximate surface area is 168 Å². The first kappa shape index (κ1) is 20.5. The second kappa shape index (κ2) is 9.21. The molecule has 0 amide bonds. The van der Waals surface area contributed by atoms with Crippen molar-refractivity contribution in [3.05, 3.63) is 18.0 Å². The molecule has 2 aliphatic rings. The Morgan fingerprint density at radius 3 is 2.80 bits per heavy atom. The van der Waals surface area contributed by atoms with Gasteiger partial charge in [0.05, 0.1) is 25.4 Å². The number of aliphatic imine (C=N–C) groups is 1. The molecule has 2 unspecified atom stereocenters. The molecule has 2 N–H and O–H groups in total. The van der Waals surface area contributed by atoms with Crippen LogP contribution in [0.2, 0.25) is 0 Å². The lowest BCUT2D eigenvalue weighted by Crippen LogP contribution is -2.68. The Bertz CT molecular complexity index is 570. The van der Waals surface area contributed by atoms with Crippen LogP contribution in [0, 0.1) is 12.3 Å². The molecule has 1 aromatic heterocycles. The van der Waals surface area contributed by atoms with Crippen LogP contribution in [-0.2, 0) is 11.3 Å². The van der Waals surface area contributed by atoms with E-state index in [9.17, 15) is 0 Å². The number of aryl methyl sites for hydroxylation is 1. The molecule has 7 heteroatoms. The first-order chi connectivity index (χ1) is 11.7. The zero-order valence-corrected chi connectivity index (χ0v) is 18.0. The van der Waals surface area contributed by atoms with Crippen molar-refractivity contribution in [3.63, 3.8) is 0 Å². The number of guanidine groups is 1. The molecule has 0 saturated heterocycles. The molecule has 0 bridgehead atoms. The van der Waals surface area contributed by atoms with Gasteiger partial charge in [-0.3, -0.25) is 9.67 Å². The number of nitrogens with one attached hydrogen (secondary N) is 2. The average molecular weight is 461 g/mol. The summed E-state index contributed by atoms with van der Waals surface area (Å²) in [6, 6.07) is 0.493. The van der Waals surface area contributed by atoms with Gasteiger partial charge in [-0.25, -0.2) is 0 Å². The summed E-state index contributed by atoms with van der Waals surface area (Å²) in [5, 5.41) is 11.3. The van der Waals surface area contributed by atoms with E-state index >= 15 is 0 Å². The topological polar surface area (TPSA) is 63.5 Å². The maximum Gasteiger partial charge on any atom is 0.191 e. The molecule has 25 heavy (non-hydrogen) atoms. The van der Waals surface area contributed by atoms with Crippen molar-refractivity contribution >= 4 is 29.9 Å². The number of hydrogen-bond acceptors (Lipinski definition) is 3. The molecule has 2 aliphatic carbocycles. The SMILES string of the molecule is CCNC(=NCCn1cc(C)cn1)NC1CC(OCC)C12CCC2.I. The summed E-state index contributed by atoms with van der Waals surface area (Å²) in [5.74, 6) is 0.924. The Morgan fingerprint density at radius 2 is 2.24 bits per heavy atom. The van der Waals surface area contributed by atoms with E-state index in [0.29, 0.717) is 17.6 Å². The highest BCUT2D eigenvalue weighted by Gasteiger charge is 2.59. The summed E-state index contributed by atoms with van der Waals surface area (Å²) < 4.78 is 7.89. The number of aromatic nitrogens is 2. The smallest absolute Gasteiger partial charge is 0.191 e. The highest BCUT2D eigenvalue weighted by molar-refractivity contribution is 14.0. The number of hydrogen-bond donors (Lipinski definition) is 2. The van der Waals surface area contributed by atoms with Crippen molar-refractivity contribution in [1.82, 2.24) is 20.4 Å². The number of ether oxygens (including phenoxy) is 1. The van der Waals surface area contributed by atoms with E-state index in [1.807, 2.05) is 10.9 Å². The summed E-state index contributed by atoms with van der Waals surface area (Å²) >= 11 is 0. The standard InChI is InChI=1S/C18H31N5O.HI/c1-4-19-17(20-9-10-23-13-14(3)12-21-23)22-15-11-16(24-5-2)18(15)7-6-8-18;/h12-13,15-16H,4-11H2,1-3H3,(H2,19,20,22);1H. The summed E-state index contributed by atoms with van der Waals surface area (Å²) in [7, 11) is 0. The first-order valence-corrected chi connectivity index (χ1v) is 9.33. The van der Waals surface area contributed by atoms with Crippen molar-refractivity contribution in [2.75, 3.05) is 19.7 Å². The van der Waals surface area contributed by atoms with Gasteiger partial charge in [0.1, 0.15) is 0 Å². The van der Waals surface area contributed by atoms with Gasteiger partial charge in [-0.1, -0.05) is 6.42 Å².